The van der Waals surface area contributed by atoms with Gasteiger partial charge >= 0.3 is 5.97 Å². The molecule has 3 heteroatoms. The van der Waals surface area contributed by atoms with Gasteiger partial charge in [0, 0.05) is 6.92 Å². The van der Waals surface area contributed by atoms with E-state index < -0.39 is 0 Å². The zero-order valence-electron chi connectivity index (χ0n) is 11.0. The van der Waals surface area contributed by atoms with Crippen molar-refractivity contribution in [1.82, 2.24) is 0 Å². The Labute approximate surface area is 98.2 Å². The summed E-state index contributed by atoms with van der Waals surface area (Å²) in [5.74, 6) is 0.535. The van der Waals surface area contributed by atoms with Gasteiger partial charge in [0.1, 0.15) is 0 Å². The summed E-state index contributed by atoms with van der Waals surface area (Å²) in [5.41, 5.74) is 0.601. The maximum Gasteiger partial charge on any atom is 0.302 e. The van der Waals surface area contributed by atoms with E-state index in [1.165, 1.54) is 26.9 Å². The molecule has 0 radical (unpaired) electrons. The van der Waals surface area contributed by atoms with Gasteiger partial charge in [0.2, 0.25) is 0 Å². The van der Waals surface area contributed by atoms with Gasteiger partial charge in [-0.25, -0.2) is 0 Å². The lowest BCUT2D eigenvalue weighted by Crippen LogP contribution is -2.35. The molecule has 0 heterocycles. The molecule has 0 aliphatic heterocycles. The Morgan fingerprint density at radius 3 is 2.00 bits per heavy atom. The van der Waals surface area contributed by atoms with E-state index in [0.717, 1.165) is 12.3 Å². The van der Waals surface area contributed by atoms with Crippen LogP contribution >= 0.6 is 0 Å². The number of fused-ring (bicyclic) bond motifs is 2. The Morgan fingerprint density at radius 1 is 1.38 bits per heavy atom. The van der Waals surface area contributed by atoms with Crippen molar-refractivity contribution in [3.8, 4) is 0 Å². The molecule has 2 saturated carbocycles. The van der Waals surface area contributed by atoms with Crippen molar-refractivity contribution in [1.29, 1.82) is 0 Å². The Kier molecular flexibility index (Phi) is 3.68. The third-order valence-electron chi connectivity index (χ3n) is 5.04. The second kappa shape index (κ2) is 4.36. The first kappa shape index (κ1) is 13.5. The van der Waals surface area contributed by atoms with Crippen LogP contribution in [0.3, 0.4) is 0 Å². The number of carbonyl (C=O) groups excluding carboxylic acids is 1. The van der Waals surface area contributed by atoms with Crippen molar-refractivity contribution < 1.29 is 14.6 Å². The van der Waals surface area contributed by atoms with Crippen LogP contribution in [-0.2, 0) is 9.53 Å². The molecule has 16 heavy (non-hydrogen) atoms. The fourth-order valence-electron chi connectivity index (χ4n) is 3.16. The van der Waals surface area contributed by atoms with Gasteiger partial charge in [-0.3, -0.25) is 4.79 Å². The number of hydrogen-bond donors (Lipinski definition) is 1. The maximum absolute atomic E-state index is 9.81. The average molecular weight is 228 g/mol. The number of methoxy groups -OCH3 is 1. The Morgan fingerprint density at radius 2 is 1.88 bits per heavy atom. The van der Waals surface area contributed by atoms with Gasteiger partial charge in [-0.15, -0.1) is 0 Å². The fraction of sp³-hybridized carbons (Fsp3) is 0.923. The smallest absolute Gasteiger partial charge is 0.302 e. The zero-order valence-corrected chi connectivity index (χ0v) is 11.0. The maximum atomic E-state index is 9.81. The molecule has 0 spiro atoms. The predicted octanol–water partition coefficient (Wildman–Crippen LogP) is 2.37. The molecule has 2 fully saturated rings. The van der Waals surface area contributed by atoms with Gasteiger partial charge in [0.05, 0.1) is 13.2 Å². The number of ether oxygens (including phenoxy) is 1. The molecule has 2 rings (SSSR count). The van der Waals surface area contributed by atoms with Crippen molar-refractivity contribution in [2.45, 2.75) is 53.1 Å². The van der Waals surface area contributed by atoms with Gasteiger partial charge in [-0.2, -0.15) is 0 Å². The summed E-state index contributed by atoms with van der Waals surface area (Å²) in [5, 5.41) is 9.81. The van der Waals surface area contributed by atoms with Crippen LogP contribution in [0.2, 0.25) is 0 Å². The highest BCUT2D eigenvalue weighted by atomic mass is 16.5. The number of esters is 1. The molecule has 0 amide bonds. The van der Waals surface area contributed by atoms with E-state index >= 15 is 0 Å². The SMILES string of the molecule is CC1(C)C2CCC1(C)C(O)C2.COC(C)=O. The minimum atomic E-state index is -0.245. The molecule has 0 saturated heterocycles. The predicted molar refractivity (Wildman–Crippen MR) is 62.9 cm³/mol. The number of hydrogen-bond acceptors (Lipinski definition) is 3. The number of aliphatic hydroxyl groups excluding tert-OH is 1. The first-order valence-corrected chi connectivity index (χ1v) is 5.98. The number of rotatable bonds is 0. The van der Waals surface area contributed by atoms with E-state index in [1.807, 2.05) is 0 Å². The lowest BCUT2D eigenvalue weighted by Gasteiger charge is -2.36. The highest BCUT2D eigenvalue weighted by molar-refractivity contribution is 5.65. The van der Waals surface area contributed by atoms with Crippen molar-refractivity contribution in [3.05, 3.63) is 0 Å². The summed E-state index contributed by atoms with van der Waals surface area (Å²) in [4.78, 5) is 9.59. The van der Waals surface area contributed by atoms with E-state index in [-0.39, 0.29) is 17.5 Å². The van der Waals surface area contributed by atoms with Crippen LogP contribution in [0.4, 0.5) is 0 Å². The van der Waals surface area contributed by atoms with E-state index in [4.69, 9.17) is 0 Å². The standard InChI is InChI=1S/C10H18O.C3H6O2/c1-9(2)7-4-5-10(9,3)8(11)6-7;1-3(4)5-2/h7-8,11H,4-6H2,1-3H3;1-2H3. The lowest BCUT2D eigenvalue weighted by atomic mass is 9.70. The molecule has 2 aliphatic rings. The van der Waals surface area contributed by atoms with Crippen molar-refractivity contribution in [2.75, 3.05) is 7.11 Å². The molecule has 3 unspecified atom stereocenters. The molecular weight excluding hydrogens is 204 g/mol. The summed E-state index contributed by atoms with van der Waals surface area (Å²) in [6.45, 7) is 8.26. The van der Waals surface area contributed by atoms with Crippen molar-refractivity contribution in [2.24, 2.45) is 16.7 Å². The monoisotopic (exact) mass is 228 g/mol. The average Bonchev–Trinajstić information content (AvgIpc) is 2.51. The number of carbonyl (C=O) groups is 1. The van der Waals surface area contributed by atoms with Gasteiger partial charge < -0.3 is 9.84 Å². The first-order valence-electron chi connectivity index (χ1n) is 5.98. The summed E-state index contributed by atoms with van der Waals surface area (Å²) < 4.78 is 4.11. The van der Waals surface area contributed by atoms with Crippen LogP contribution in [0.1, 0.15) is 47.0 Å². The van der Waals surface area contributed by atoms with E-state index in [1.54, 1.807) is 0 Å². The molecule has 2 aliphatic carbocycles. The van der Waals surface area contributed by atoms with Crippen LogP contribution in [0.5, 0.6) is 0 Å². The quantitative estimate of drug-likeness (QED) is 0.647. The Bertz CT molecular complexity index is 272. The molecule has 3 atom stereocenters. The van der Waals surface area contributed by atoms with Gasteiger partial charge in [0.25, 0.3) is 0 Å². The molecule has 2 bridgehead atoms. The van der Waals surface area contributed by atoms with Crippen LogP contribution < -0.4 is 0 Å². The molecule has 0 aromatic rings. The van der Waals surface area contributed by atoms with Crippen LogP contribution in [-0.4, -0.2) is 24.3 Å². The van der Waals surface area contributed by atoms with E-state index in [0.29, 0.717) is 5.41 Å². The lowest BCUT2D eigenvalue weighted by molar-refractivity contribution is -0.137. The van der Waals surface area contributed by atoms with Crippen molar-refractivity contribution >= 4 is 5.97 Å². The number of aliphatic hydroxyl groups is 1. The molecule has 94 valence electrons. The van der Waals surface area contributed by atoms with E-state index in [9.17, 15) is 9.90 Å². The Hall–Kier alpha value is -0.570. The topological polar surface area (TPSA) is 46.5 Å². The fourth-order valence-corrected chi connectivity index (χ4v) is 3.16. The minimum absolute atomic E-state index is 0.0313. The highest BCUT2D eigenvalue weighted by Gasteiger charge is 2.60. The zero-order chi connectivity index (χ0) is 12.6. The molecule has 0 aromatic carbocycles. The minimum Gasteiger partial charge on any atom is -0.469 e. The largest absolute Gasteiger partial charge is 0.469 e. The third-order valence-corrected chi connectivity index (χ3v) is 5.04. The summed E-state index contributed by atoms with van der Waals surface area (Å²) in [6, 6.07) is 0. The second-order valence-electron chi connectivity index (χ2n) is 5.82. The van der Waals surface area contributed by atoms with Gasteiger partial charge in [-0.05, 0) is 36.0 Å². The van der Waals surface area contributed by atoms with Crippen LogP contribution in [0.25, 0.3) is 0 Å². The molecular formula is C13H24O3. The summed E-state index contributed by atoms with van der Waals surface area (Å²) in [7, 11) is 1.35. The molecule has 3 nitrogen and oxygen atoms in total. The first-order chi connectivity index (χ1) is 7.25. The molecule has 0 aromatic heterocycles. The second-order valence-corrected chi connectivity index (χ2v) is 5.82. The molecule has 1 N–H and O–H groups in total. The third kappa shape index (κ3) is 1.97. The Balaban J connectivity index is 0.000000221. The van der Waals surface area contributed by atoms with E-state index in [2.05, 4.69) is 25.5 Å². The normalized spacial score (nSPS) is 38.9. The van der Waals surface area contributed by atoms with Gasteiger partial charge in [-0.1, -0.05) is 20.8 Å². The summed E-state index contributed by atoms with van der Waals surface area (Å²) in [6.07, 6.45) is 3.58. The van der Waals surface area contributed by atoms with Crippen LogP contribution in [0, 0.1) is 16.7 Å². The highest BCUT2D eigenvalue weighted by Crippen LogP contribution is 2.65. The van der Waals surface area contributed by atoms with Crippen molar-refractivity contribution in [3.63, 3.8) is 0 Å². The van der Waals surface area contributed by atoms with Gasteiger partial charge in [0.15, 0.2) is 0 Å². The van der Waals surface area contributed by atoms with Crippen LogP contribution in [0.15, 0.2) is 0 Å². The summed E-state index contributed by atoms with van der Waals surface area (Å²) >= 11 is 0.